The van der Waals surface area contributed by atoms with Gasteiger partial charge in [-0.2, -0.15) is 0 Å². The van der Waals surface area contributed by atoms with Crippen LogP contribution in [0.2, 0.25) is 5.02 Å². The van der Waals surface area contributed by atoms with Gasteiger partial charge < -0.3 is 24.6 Å². The van der Waals surface area contributed by atoms with E-state index in [2.05, 4.69) is 23.2 Å². The number of amides is 2. The van der Waals surface area contributed by atoms with E-state index >= 15 is 0 Å². The highest BCUT2D eigenvalue weighted by molar-refractivity contribution is 7.22. The minimum atomic E-state index is -0.169. The van der Waals surface area contributed by atoms with Crippen molar-refractivity contribution in [2.45, 2.75) is 6.92 Å². The molecule has 0 spiro atoms. The lowest BCUT2D eigenvalue weighted by Gasteiger charge is -2.34. The number of thiazole rings is 1. The Labute approximate surface area is 184 Å². The van der Waals surface area contributed by atoms with E-state index in [1.807, 2.05) is 6.07 Å². The monoisotopic (exact) mass is 446 g/mol. The van der Waals surface area contributed by atoms with Crippen molar-refractivity contribution >= 4 is 50.0 Å². The Bertz CT molecular complexity index is 1080. The van der Waals surface area contributed by atoms with E-state index in [0.717, 1.165) is 21.1 Å². The van der Waals surface area contributed by atoms with Crippen molar-refractivity contribution in [2.24, 2.45) is 0 Å². The van der Waals surface area contributed by atoms with Crippen LogP contribution in [-0.4, -0.2) is 56.3 Å². The summed E-state index contributed by atoms with van der Waals surface area (Å²) in [6, 6.07) is 8.98. The number of carbonyl (C=O) groups is 1. The number of benzene rings is 2. The van der Waals surface area contributed by atoms with Crippen molar-refractivity contribution in [2.75, 3.05) is 50.6 Å². The van der Waals surface area contributed by atoms with Gasteiger partial charge in [0.15, 0.2) is 5.13 Å². The van der Waals surface area contributed by atoms with E-state index in [1.54, 1.807) is 48.7 Å². The number of urea groups is 1. The molecule has 2 heterocycles. The lowest BCUT2D eigenvalue weighted by molar-refractivity contribution is 0.208. The van der Waals surface area contributed by atoms with Crippen molar-refractivity contribution < 1.29 is 14.3 Å². The lowest BCUT2D eigenvalue weighted by atomic mass is 10.2. The van der Waals surface area contributed by atoms with Gasteiger partial charge in [0.25, 0.3) is 0 Å². The number of hydrogen-bond donors (Lipinski definition) is 1. The second-order valence-electron chi connectivity index (χ2n) is 7.01. The summed E-state index contributed by atoms with van der Waals surface area (Å²) in [4.78, 5) is 21.5. The van der Waals surface area contributed by atoms with Crippen LogP contribution in [0.3, 0.4) is 0 Å². The summed E-state index contributed by atoms with van der Waals surface area (Å²) in [5.74, 6) is 1.36. The number of aryl methyl sites for hydroxylation is 1. The van der Waals surface area contributed by atoms with Gasteiger partial charge in [0.1, 0.15) is 17.0 Å². The number of anilines is 2. The van der Waals surface area contributed by atoms with E-state index in [4.69, 9.17) is 26.1 Å². The van der Waals surface area contributed by atoms with Crippen molar-refractivity contribution in [3.63, 3.8) is 0 Å². The molecule has 1 aliphatic rings. The Kier molecular flexibility index (Phi) is 5.87. The maximum atomic E-state index is 12.7. The molecule has 0 radical (unpaired) electrons. The predicted octanol–water partition coefficient (Wildman–Crippen LogP) is 4.63. The molecule has 0 unspecified atom stereocenters. The van der Waals surface area contributed by atoms with Gasteiger partial charge in [-0.15, -0.1) is 0 Å². The zero-order valence-electron chi connectivity index (χ0n) is 17.1. The molecule has 3 aromatic rings. The smallest absolute Gasteiger partial charge is 0.322 e. The number of nitrogens with one attached hydrogen (secondary N) is 1. The maximum Gasteiger partial charge on any atom is 0.322 e. The Morgan fingerprint density at radius 1 is 1.10 bits per heavy atom. The van der Waals surface area contributed by atoms with Crippen molar-refractivity contribution in [1.29, 1.82) is 0 Å². The molecule has 0 atom stereocenters. The van der Waals surface area contributed by atoms with E-state index in [1.165, 1.54) is 5.56 Å². The average molecular weight is 447 g/mol. The summed E-state index contributed by atoms with van der Waals surface area (Å²) in [5.41, 5.74) is 2.64. The van der Waals surface area contributed by atoms with Gasteiger partial charge in [-0.25, -0.2) is 9.78 Å². The summed E-state index contributed by atoms with van der Waals surface area (Å²) in [7, 11) is 3.22. The molecule has 1 aliphatic heterocycles. The quantitative estimate of drug-likeness (QED) is 0.632. The fourth-order valence-corrected chi connectivity index (χ4v) is 4.75. The second kappa shape index (κ2) is 8.57. The van der Waals surface area contributed by atoms with Gasteiger partial charge in [0, 0.05) is 31.2 Å². The zero-order valence-corrected chi connectivity index (χ0v) is 18.6. The molecule has 0 saturated carbocycles. The number of piperazine rings is 1. The molecule has 1 N–H and O–H groups in total. The topological polar surface area (TPSA) is 66.9 Å². The predicted molar refractivity (Wildman–Crippen MR) is 122 cm³/mol. The largest absolute Gasteiger partial charge is 0.495 e. The summed E-state index contributed by atoms with van der Waals surface area (Å²) in [6.07, 6.45) is 0. The number of ether oxygens (including phenoxy) is 2. The first-order valence-corrected chi connectivity index (χ1v) is 10.8. The first kappa shape index (κ1) is 20.6. The van der Waals surface area contributed by atoms with Crippen LogP contribution in [0.4, 0.5) is 15.6 Å². The molecule has 2 aromatic carbocycles. The van der Waals surface area contributed by atoms with E-state index in [-0.39, 0.29) is 6.03 Å². The first-order chi connectivity index (χ1) is 14.5. The number of halogens is 1. The molecule has 158 valence electrons. The van der Waals surface area contributed by atoms with E-state index < -0.39 is 0 Å². The Balaban J connectivity index is 1.44. The van der Waals surface area contributed by atoms with Crippen LogP contribution in [0.5, 0.6) is 11.5 Å². The summed E-state index contributed by atoms with van der Waals surface area (Å²) < 4.78 is 11.9. The molecular formula is C21H23ClN4O3S. The fourth-order valence-electron chi connectivity index (χ4n) is 3.47. The molecule has 1 fully saturated rings. The van der Waals surface area contributed by atoms with Gasteiger partial charge >= 0.3 is 6.03 Å². The van der Waals surface area contributed by atoms with Crippen LogP contribution in [0, 0.1) is 6.92 Å². The highest BCUT2D eigenvalue weighted by Gasteiger charge is 2.24. The van der Waals surface area contributed by atoms with Crippen molar-refractivity contribution in [3.05, 3.63) is 40.9 Å². The highest BCUT2D eigenvalue weighted by Crippen LogP contribution is 2.36. The molecule has 1 saturated heterocycles. The van der Waals surface area contributed by atoms with Crippen LogP contribution >= 0.6 is 22.9 Å². The standard InChI is InChI=1S/C21H23ClN4O3S/c1-13-4-6-17(29-3)18-19(13)30-21(24-18)26-10-8-25(9-11-26)20(27)23-15-12-14(22)5-7-16(15)28-2/h4-7,12H,8-11H2,1-3H3,(H,23,27). The third kappa shape index (κ3) is 3.97. The molecule has 4 rings (SSSR count). The molecular weight excluding hydrogens is 424 g/mol. The third-order valence-electron chi connectivity index (χ3n) is 5.15. The van der Waals surface area contributed by atoms with Gasteiger partial charge in [-0.3, -0.25) is 0 Å². The number of nitrogens with zero attached hydrogens (tertiary/aromatic N) is 3. The SMILES string of the molecule is COc1ccc(Cl)cc1NC(=O)N1CCN(c2nc3c(OC)ccc(C)c3s2)CC1. The van der Waals surface area contributed by atoms with Crippen LogP contribution in [-0.2, 0) is 0 Å². The van der Waals surface area contributed by atoms with Crippen molar-refractivity contribution in [1.82, 2.24) is 9.88 Å². The zero-order chi connectivity index (χ0) is 21.3. The second-order valence-corrected chi connectivity index (χ2v) is 8.42. The van der Waals surface area contributed by atoms with Crippen LogP contribution in [0.15, 0.2) is 30.3 Å². The van der Waals surface area contributed by atoms with Gasteiger partial charge in [0.2, 0.25) is 0 Å². The molecule has 9 heteroatoms. The van der Waals surface area contributed by atoms with E-state index in [9.17, 15) is 4.79 Å². The summed E-state index contributed by atoms with van der Waals surface area (Å²) in [5, 5.41) is 4.39. The van der Waals surface area contributed by atoms with Crippen LogP contribution < -0.4 is 19.7 Å². The lowest BCUT2D eigenvalue weighted by Crippen LogP contribution is -2.50. The van der Waals surface area contributed by atoms with Gasteiger partial charge in [0.05, 0.1) is 24.6 Å². The first-order valence-electron chi connectivity index (χ1n) is 9.58. The molecule has 7 nitrogen and oxygen atoms in total. The maximum absolute atomic E-state index is 12.7. The Morgan fingerprint density at radius 3 is 2.50 bits per heavy atom. The molecule has 30 heavy (non-hydrogen) atoms. The molecule has 1 aromatic heterocycles. The minimum Gasteiger partial charge on any atom is -0.495 e. The number of carbonyl (C=O) groups excluding carboxylic acids is 1. The molecule has 0 bridgehead atoms. The van der Waals surface area contributed by atoms with Crippen molar-refractivity contribution in [3.8, 4) is 11.5 Å². The number of rotatable bonds is 4. The average Bonchev–Trinajstić information content (AvgIpc) is 3.21. The number of methoxy groups -OCH3 is 2. The van der Waals surface area contributed by atoms with Gasteiger partial charge in [-0.1, -0.05) is 29.0 Å². The third-order valence-corrected chi connectivity index (χ3v) is 6.64. The summed E-state index contributed by atoms with van der Waals surface area (Å²) >= 11 is 7.72. The summed E-state index contributed by atoms with van der Waals surface area (Å²) in [6.45, 7) is 4.69. The Morgan fingerprint density at radius 2 is 1.80 bits per heavy atom. The molecule has 0 aliphatic carbocycles. The highest BCUT2D eigenvalue weighted by atomic mass is 35.5. The normalized spacial score (nSPS) is 14.1. The molecule has 2 amide bonds. The number of aromatic nitrogens is 1. The minimum absolute atomic E-state index is 0.169. The Hall–Kier alpha value is -2.71. The van der Waals surface area contributed by atoms with E-state index in [0.29, 0.717) is 42.6 Å². The van der Waals surface area contributed by atoms with Crippen LogP contribution in [0.25, 0.3) is 10.2 Å². The van der Waals surface area contributed by atoms with Crippen LogP contribution in [0.1, 0.15) is 5.56 Å². The number of hydrogen-bond acceptors (Lipinski definition) is 6. The number of fused-ring (bicyclic) bond motifs is 1. The van der Waals surface area contributed by atoms with Gasteiger partial charge in [-0.05, 0) is 36.8 Å². The fraction of sp³-hybridized carbons (Fsp3) is 0.333.